The van der Waals surface area contributed by atoms with Crippen LogP contribution < -0.4 is 0 Å². The van der Waals surface area contributed by atoms with E-state index in [0.717, 1.165) is 26.2 Å². The maximum absolute atomic E-state index is 14.2. The summed E-state index contributed by atoms with van der Waals surface area (Å²) in [6.45, 7) is 5.07. The highest BCUT2D eigenvalue weighted by molar-refractivity contribution is 5.94. The summed E-state index contributed by atoms with van der Waals surface area (Å²) >= 11 is 0. The van der Waals surface area contributed by atoms with Gasteiger partial charge < -0.3 is 0 Å². The van der Waals surface area contributed by atoms with Crippen LogP contribution in [0.25, 0.3) is 0 Å². The molecule has 3 nitrogen and oxygen atoms in total. The Morgan fingerprint density at radius 1 is 1.11 bits per heavy atom. The summed E-state index contributed by atoms with van der Waals surface area (Å²) in [6.07, 6.45) is 0. The van der Waals surface area contributed by atoms with Crippen LogP contribution in [0.1, 0.15) is 5.56 Å². The molecule has 4 heterocycles. The molecule has 2 unspecified atom stereocenters. The lowest BCUT2D eigenvalue weighted by Crippen LogP contribution is -2.64. The maximum Gasteiger partial charge on any atom is 0.151 e. The molecule has 0 radical (unpaired) electrons. The van der Waals surface area contributed by atoms with Crippen molar-refractivity contribution >= 4 is 5.78 Å². The zero-order valence-electron chi connectivity index (χ0n) is 10.8. The zero-order valence-corrected chi connectivity index (χ0v) is 10.8. The standard InChI is InChI=1S/C15H17FN2O/c16-13-4-2-1-3-12(13)15-9-17-5-6-18(10-15)8-11(7-17)14(15)19/h1-4,11H,5-10H2. The molecule has 0 spiro atoms. The van der Waals surface area contributed by atoms with Gasteiger partial charge in [-0.15, -0.1) is 0 Å². The van der Waals surface area contributed by atoms with Crippen LogP contribution in [-0.2, 0) is 10.2 Å². The van der Waals surface area contributed by atoms with Crippen LogP contribution in [0.5, 0.6) is 0 Å². The molecule has 0 aliphatic carbocycles. The van der Waals surface area contributed by atoms with Crippen LogP contribution >= 0.6 is 0 Å². The maximum atomic E-state index is 14.2. The number of nitrogens with zero attached hydrogens (tertiary/aromatic N) is 2. The molecule has 4 bridgehead atoms. The first-order chi connectivity index (χ1) is 9.19. The van der Waals surface area contributed by atoms with Gasteiger partial charge in [0.25, 0.3) is 0 Å². The predicted molar refractivity (Wildman–Crippen MR) is 69.5 cm³/mol. The Hall–Kier alpha value is -1.26. The van der Waals surface area contributed by atoms with Crippen LogP contribution in [0, 0.1) is 11.7 Å². The molecule has 19 heavy (non-hydrogen) atoms. The molecule has 1 aromatic carbocycles. The minimum atomic E-state index is -0.636. The first kappa shape index (κ1) is 11.6. The van der Waals surface area contributed by atoms with E-state index in [9.17, 15) is 9.18 Å². The Kier molecular flexibility index (Phi) is 2.35. The van der Waals surface area contributed by atoms with Gasteiger partial charge in [-0.2, -0.15) is 0 Å². The molecule has 4 aliphatic heterocycles. The van der Waals surface area contributed by atoms with Crippen molar-refractivity contribution in [1.82, 2.24) is 9.80 Å². The number of carbonyl (C=O) groups is 1. The smallest absolute Gasteiger partial charge is 0.151 e. The van der Waals surface area contributed by atoms with Crippen molar-refractivity contribution in [1.29, 1.82) is 0 Å². The Morgan fingerprint density at radius 2 is 1.74 bits per heavy atom. The van der Waals surface area contributed by atoms with Crippen molar-refractivity contribution in [2.75, 3.05) is 39.3 Å². The summed E-state index contributed by atoms with van der Waals surface area (Å²) in [6, 6.07) is 6.80. The number of fused-ring (bicyclic) bond motifs is 1. The van der Waals surface area contributed by atoms with Gasteiger partial charge in [0.1, 0.15) is 5.82 Å². The quantitative estimate of drug-likeness (QED) is 0.749. The van der Waals surface area contributed by atoms with E-state index in [0.29, 0.717) is 18.7 Å². The lowest BCUT2D eigenvalue weighted by Gasteiger charge is -2.48. The topological polar surface area (TPSA) is 23.6 Å². The summed E-state index contributed by atoms with van der Waals surface area (Å²) in [5, 5.41) is 0. The van der Waals surface area contributed by atoms with Crippen LogP contribution in [0.2, 0.25) is 0 Å². The average molecular weight is 260 g/mol. The Labute approximate surface area is 112 Å². The van der Waals surface area contributed by atoms with E-state index in [1.54, 1.807) is 12.1 Å². The molecule has 0 amide bonds. The summed E-state index contributed by atoms with van der Waals surface area (Å²) in [4.78, 5) is 17.5. The van der Waals surface area contributed by atoms with Crippen molar-refractivity contribution in [3.8, 4) is 0 Å². The van der Waals surface area contributed by atoms with Gasteiger partial charge in [-0.25, -0.2) is 4.39 Å². The second kappa shape index (κ2) is 3.87. The van der Waals surface area contributed by atoms with Gasteiger partial charge in [0.15, 0.2) is 5.78 Å². The van der Waals surface area contributed by atoms with Crippen LogP contribution in [0.15, 0.2) is 24.3 Å². The summed E-state index contributed by atoms with van der Waals surface area (Å²) in [5.41, 5.74) is -0.0375. The normalized spacial score (nSPS) is 40.5. The van der Waals surface area contributed by atoms with Crippen LogP contribution in [0.3, 0.4) is 0 Å². The van der Waals surface area contributed by atoms with Crippen molar-refractivity contribution in [3.63, 3.8) is 0 Å². The van der Waals surface area contributed by atoms with E-state index >= 15 is 0 Å². The van der Waals surface area contributed by atoms with Crippen LogP contribution in [0.4, 0.5) is 4.39 Å². The third-order valence-electron chi connectivity index (χ3n) is 4.91. The molecule has 2 atom stereocenters. The minimum Gasteiger partial charge on any atom is -0.300 e. The van der Waals surface area contributed by atoms with E-state index in [-0.39, 0.29) is 17.5 Å². The van der Waals surface area contributed by atoms with Gasteiger partial charge in [0.2, 0.25) is 0 Å². The Bertz CT molecular complexity index is 529. The third-order valence-corrected chi connectivity index (χ3v) is 4.91. The molecule has 4 saturated heterocycles. The van der Waals surface area contributed by atoms with Gasteiger partial charge >= 0.3 is 0 Å². The SMILES string of the molecule is O=C1C2CN3CCN(C2)CC1(c1ccccc1F)C3. The first-order valence-electron chi connectivity index (χ1n) is 6.93. The van der Waals surface area contributed by atoms with E-state index < -0.39 is 5.41 Å². The third kappa shape index (κ3) is 1.53. The molecule has 4 fully saturated rings. The molecule has 0 N–H and O–H groups in total. The lowest BCUT2D eigenvalue weighted by atomic mass is 9.67. The monoisotopic (exact) mass is 260 g/mol. The number of hydrogen-bond donors (Lipinski definition) is 0. The molecule has 0 aromatic heterocycles. The molecule has 5 rings (SSSR count). The number of Topliss-reactive ketones (excluding diaryl/α,β-unsaturated/α-hetero) is 1. The largest absolute Gasteiger partial charge is 0.300 e. The predicted octanol–water partition coefficient (Wildman–Crippen LogP) is 0.894. The Morgan fingerprint density at radius 3 is 2.37 bits per heavy atom. The van der Waals surface area contributed by atoms with E-state index in [1.165, 1.54) is 6.07 Å². The average Bonchev–Trinajstić information content (AvgIpc) is 2.64. The number of halogens is 1. The van der Waals surface area contributed by atoms with Gasteiger partial charge in [0, 0.05) is 50.7 Å². The fourth-order valence-electron chi connectivity index (χ4n) is 4.11. The molecular weight excluding hydrogens is 243 g/mol. The number of ketones is 1. The van der Waals surface area contributed by atoms with Crippen LogP contribution in [-0.4, -0.2) is 54.9 Å². The van der Waals surface area contributed by atoms with Gasteiger partial charge in [-0.3, -0.25) is 14.6 Å². The molecule has 4 heteroatoms. The van der Waals surface area contributed by atoms with Crippen molar-refractivity contribution in [2.45, 2.75) is 5.41 Å². The lowest BCUT2D eigenvalue weighted by molar-refractivity contribution is -0.137. The number of rotatable bonds is 1. The fraction of sp³-hybridized carbons (Fsp3) is 0.533. The first-order valence-corrected chi connectivity index (χ1v) is 6.93. The second-order valence-electron chi connectivity index (χ2n) is 6.09. The molecular formula is C15H17FN2O. The van der Waals surface area contributed by atoms with Gasteiger partial charge in [0.05, 0.1) is 5.41 Å². The highest BCUT2D eigenvalue weighted by Crippen LogP contribution is 2.41. The number of carbonyl (C=O) groups excluding carboxylic acids is 1. The molecule has 4 aliphatic rings. The minimum absolute atomic E-state index is 0.0598. The second-order valence-corrected chi connectivity index (χ2v) is 6.09. The van der Waals surface area contributed by atoms with Gasteiger partial charge in [-0.1, -0.05) is 18.2 Å². The van der Waals surface area contributed by atoms with E-state index in [1.807, 2.05) is 6.07 Å². The van der Waals surface area contributed by atoms with E-state index in [4.69, 9.17) is 0 Å². The fourth-order valence-corrected chi connectivity index (χ4v) is 4.11. The number of benzene rings is 1. The Balaban J connectivity index is 1.88. The van der Waals surface area contributed by atoms with Crippen molar-refractivity contribution in [3.05, 3.63) is 35.6 Å². The van der Waals surface area contributed by atoms with Crippen molar-refractivity contribution < 1.29 is 9.18 Å². The van der Waals surface area contributed by atoms with Crippen molar-refractivity contribution in [2.24, 2.45) is 5.92 Å². The number of hydrogen-bond acceptors (Lipinski definition) is 3. The van der Waals surface area contributed by atoms with Gasteiger partial charge in [-0.05, 0) is 6.07 Å². The summed E-state index contributed by atoms with van der Waals surface area (Å²) in [5.74, 6) is 0.0804. The molecule has 0 saturated carbocycles. The highest BCUT2D eigenvalue weighted by atomic mass is 19.1. The number of piperidine rings is 2. The zero-order chi connectivity index (χ0) is 13.0. The van der Waals surface area contributed by atoms with E-state index in [2.05, 4.69) is 9.80 Å². The summed E-state index contributed by atoms with van der Waals surface area (Å²) < 4.78 is 14.2. The molecule has 100 valence electrons. The highest BCUT2D eigenvalue weighted by Gasteiger charge is 2.55. The molecule has 1 aromatic rings. The summed E-state index contributed by atoms with van der Waals surface area (Å²) in [7, 11) is 0.